The van der Waals surface area contributed by atoms with Crippen LogP contribution < -0.4 is 20.3 Å². The summed E-state index contributed by atoms with van der Waals surface area (Å²) in [5, 5.41) is 10.4. The van der Waals surface area contributed by atoms with E-state index in [0.717, 1.165) is 62.3 Å². The zero-order chi connectivity index (χ0) is 18.8. The highest BCUT2D eigenvalue weighted by molar-refractivity contribution is 5.92. The predicted molar refractivity (Wildman–Crippen MR) is 106 cm³/mol. The second kappa shape index (κ2) is 7.50. The van der Waals surface area contributed by atoms with Crippen LogP contribution in [0.3, 0.4) is 0 Å². The van der Waals surface area contributed by atoms with Crippen LogP contribution in [-0.4, -0.2) is 42.1 Å². The highest BCUT2D eigenvalue weighted by Crippen LogP contribution is 2.36. The Hall–Kier alpha value is -2.70. The lowest BCUT2D eigenvalue weighted by atomic mass is 10.1. The topological polar surface area (TPSA) is 71.4 Å². The van der Waals surface area contributed by atoms with Gasteiger partial charge >= 0.3 is 6.03 Å². The Morgan fingerprint density at radius 1 is 1.30 bits per heavy atom. The van der Waals surface area contributed by atoms with Crippen LogP contribution in [-0.2, 0) is 19.9 Å². The van der Waals surface area contributed by atoms with Gasteiger partial charge in [-0.2, -0.15) is 5.10 Å². The number of nitrogens with one attached hydrogen (secondary N) is 2. The van der Waals surface area contributed by atoms with Crippen molar-refractivity contribution in [3.8, 4) is 5.75 Å². The number of benzene rings is 1. The molecule has 1 unspecified atom stereocenters. The first-order chi connectivity index (χ1) is 13.1. The number of amides is 2. The number of fused-ring (bicyclic) bond motifs is 1. The summed E-state index contributed by atoms with van der Waals surface area (Å²) >= 11 is 0. The highest BCUT2D eigenvalue weighted by Gasteiger charge is 2.24. The molecule has 2 aromatic rings. The first kappa shape index (κ1) is 17.7. The van der Waals surface area contributed by atoms with Crippen molar-refractivity contribution in [1.82, 2.24) is 15.1 Å². The standard InChI is InChI=1S/C20H27N5O2/c1-24-13-16(11-21-24)25-10-4-6-15(12-25)22-20(26)23-19-17-7-3-5-14(17)8-9-18(19)27-2/h8-9,11,13,15H,3-7,10,12H2,1-2H3,(H2,22,23,26). The number of hydrogen-bond acceptors (Lipinski definition) is 4. The molecule has 2 aliphatic rings. The maximum Gasteiger partial charge on any atom is 0.319 e. The van der Waals surface area contributed by atoms with Gasteiger partial charge in [0.2, 0.25) is 0 Å². The van der Waals surface area contributed by atoms with Crippen LogP contribution in [0.1, 0.15) is 30.4 Å². The average Bonchev–Trinajstić information content (AvgIpc) is 3.31. The maximum absolute atomic E-state index is 12.7. The molecule has 0 radical (unpaired) electrons. The van der Waals surface area contributed by atoms with Crippen molar-refractivity contribution in [2.45, 2.75) is 38.1 Å². The van der Waals surface area contributed by atoms with Gasteiger partial charge in [0.1, 0.15) is 5.75 Å². The van der Waals surface area contributed by atoms with E-state index in [4.69, 9.17) is 4.74 Å². The van der Waals surface area contributed by atoms with Crippen LogP contribution in [0.5, 0.6) is 5.75 Å². The van der Waals surface area contributed by atoms with Crippen molar-refractivity contribution >= 4 is 17.4 Å². The SMILES string of the molecule is COc1ccc2c(c1NC(=O)NC1CCCN(c3cnn(C)c3)C1)CCC2. The summed E-state index contributed by atoms with van der Waals surface area (Å²) in [6, 6.07) is 4.01. The third kappa shape index (κ3) is 3.72. The average molecular weight is 369 g/mol. The molecule has 0 saturated carbocycles. The number of aromatic nitrogens is 2. The first-order valence-electron chi connectivity index (χ1n) is 9.64. The number of urea groups is 1. The summed E-state index contributed by atoms with van der Waals surface area (Å²) in [7, 11) is 3.56. The lowest BCUT2D eigenvalue weighted by Crippen LogP contribution is -2.49. The Morgan fingerprint density at radius 3 is 2.96 bits per heavy atom. The molecule has 1 atom stereocenters. The van der Waals surface area contributed by atoms with E-state index >= 15 is 0 Å². The van der Waals surface area contributed by atoms with Crippen molar-refractivity contribution in [2.24, 2.45) is 7.05 Å². The van der Waals surface area contributed by atoms with Gasteiger partial charge in [0.05, 0.1) is 24.7 Å². The molecule has 2 heterocycles. The van der Waals surface area contributed by atoms with Crippen LogP contribution in [0.2, 0.25) is 0 Å². The number of nitrogens with zero attached hydrogens (tertiary/aromatic N) is 3. The number of anilines is 2. The molecule has 1 aliphatic heterocycles. The Morgan fingerprint density at radius 2 is 2.19 bits per heavy atom. The van der Waals surface area contributed by atoms with E-state index in [-0.39, 0.29) is 12.1 Å². The molecule has 1 aromatic heterocycles. The largest absolute Gasteiger partial charge is 0.495 e. The quantitative estimate of drug-likeness (QED) is 0.869. The van der Waals surface area contributed by atoms with Gasteiger partial charge in [-0.1, -0.05) is 6.07 Å². The fourth-order valence-corrected chi connectivity index (χ4v) is 4.19. The molecule has 1 aromatic carbocycles. The summed E-state index contributed by atoms with van der Waals surface area (Å²) in [6.45, 7) is 1.79. The minimum Gasteiger partial charge on any atom is -0.495 e. The lowest BCUT2D eigenvalue weighted by molar-refractivity contribution is 0.246. The second-order valence-electron chi connectivity index (χ2n) is 7.39. The number of rotatable bonds is 4. The molecular weight excluding hydrogens is 342 g/mol. The Labute approximate surface area is 159 Å². The number of methoxy groups -OCH3 is 1. The van der Waals surface area contributed by atoms with Crippen molar-refractivity contribution in [1.29, 1.82) is 0 Å². The van der Waals surface area contributed by atoms with Gasteiger partial charge in [-0.3, -0.25) is 4.68 Å². The first-order valence-corrected chi connectivity index (χ1v) is 9.64. The maximum atomic E-state index is 12.7. The second-order valence-corrected chi connectivity index (χ2v) is 7.39. The van der Waals surface area contributed by atoms with Crippen LogP contribution in [0.25, 0.3) is 0 Å². The molecule has 27 heavy (non-hydrogen) atoms. The molecule has 1 fully saturated rings. The van der Waals surface area contributed by atoms with Crippen LogP contribution in [0.15, 0.2) is 24.5 Å². The van der Waals surface area contributed by atoms with Crippen LogP contribution in [0.4, 0.5) is 16.2 Å². The van der Waals surface area contributed by atoms with E-state index in [2.05, 4.69) is 26.7 Å². The molecule has 1 aliphatic carbocycles. The summed E-state index contributed by atoms with van der Waals surface area (Å²) in [4.78, 5) is 15.0. The van der Waals surface area contributed by atoms with E-state index in [1.54, 1.807) is 11.8 Å². The molecule has 2 N–H and O–H groups in total. The number of carbonyl (C=O) groups excluding carboxylic acids is 1. The Balaban J connectivity index is 1.42. The number of ether oxygens (including phenoxy) is 1. The Bertz CT molecular complexity index is 832. The van der Waals surface area contributed by atoms with Gasteiger partial charge in [-0.15, -0.1) is 0 Å². The summed E-state index contributed by atoms with van der Waals surface area (Å²) < 4.78 is 7.29. The molecule has 0 bridgehead atoms. The zero-order valence-corrected chi connectivity index (χ0v) is 16.0. The fraction of sp³-hybridized carbons (Fsp3) is 0.500. The van der Waals surface area contributed by atoms with E-state index in [1.807, 2.05) is 25.5 Å². The molecular formula is C20H27N5O2. The third-order valence-corrected chi connectivity index (χ3v) is 5.52. The van der Waals surface area contributed by atoms with Gasteiger partial charge in [0, 0.05) is 32.4 Å². The van der Waals surface area contributed by atoms with E-state index in [9.17, 15) is 4.79 Å². The summed E-state index contributed by atoms with van der Waals surface area (Å²) in [5.74, 6) is 0.728. The molecule has 144 valence electrons. The van der Waals surface area contributed by atoms with E-state index in [0.29, 0.717) is 0 Å². The van der Waals surface area contributed by atoms with Crippen molar-refractivity contribution in [3.63, 3.8) is 0 Å². The lowest BCUT2D eigenvalue weighted by Gasteiger charge is -2.33. The smallest absolute Gasteiger partial charge is 0.319 e. The zero-order valence-electron chi connectivity index (χ0n) is 16.0. The van der Waals surface area contributed by atoms with Gasteiger partial charge in [-0.25, -0.2) is 4.79 Å². The van der Waals surface area contributed by atoms with Gasteiger partial charge < -0.3 is 20.3 Å². The van der Waals surface area contributed by atoms with Crippen LogP contribution >= 0.6 is 0 Å². The summed E-state index contributed by atoms with van der Waals surface area (Å²) in [6.07, 6.45) is 9.10. The van der Waals surface area contributed by atoms with E-state index in [1.165, 1.54) is 11.1 Å². The third-order valence-electron chi connectivity index (χ3n) is 5.52. The molecule has 1 saturated heterocycles. The number of carbonyl (C=O) groups is 1. The van der Waals surface area contributed by atoms with Crippen LogP contribution in [0, 0.1) is 0 Å². The Kier molecular flexibility index (Phi) is 4.92. The predicted octanol–water partition coefficient (Wildman–Crippen LogP) is 2.71. The molecule has 7 nitrogen and oxygen atoms in total. The normalized spacial score (nSPS) is 18.9. The number of hydrogen-bond donors (Lipinski definition) is 2. The van der Waals surface area contributed by atoms with Gasteiger partial charge in [-0.05, 0) is 49.3 Å². The van der Waals surface area contributed by atoms with Crippen molar-refractivity contribution in [2.75, 3.05) is 30.4 Å². The van der Waals surface area contributed by atoms with E-state index < -0.39 is 0 Å². The van der Waals surface area contributed by atoms with Crippen molar-refractivity contribution < 1.29 is 9.53 Å². The highest BCUT2D eigenvalue weighted by atomic mass is 16.5. The number of aryl methyl sites for hydroxylation is 2. The van der Waals surface area contributed by atoms with Gasteiger partial charge in [0.25, 0.3) is 0 Å². The fourth-order valence-electron chi connectivity index (χ4n) is 4.19. The molecule has 7 heteroatoms. The molecule has 2 amide bonds. The van der Waals surface area contributed by atoms with Crippen molar-refractivity contribution in [3.05, 3.63) is 35.7 Å². The minimum absolute atomic E-state index is 0.113. The minimum atomic E-state index is -0.161. The van der Waals surface area contributed by atoms with Gasteiger partial charge in [0.15, 0.2) is 0 Å². The molecule has 0 spiro atoms. The monoisotopic (exact) mass is 369 g/mol. The number of piperidine rings is 1. The molecule has 4 rings (SSSR count). The summed E-state index contributed by atoms with van der Waals surface area (Å²) in [5.41, 5.74) is 4.45.